The van der Waals surface area contributed by atoms with Gasteiger partial charge < -0.3 is 4.84 Å². The molecule has 2 aromatic heterocycles. The third-order valence-electron chi connectivity index (χ3n) is 2.50. The number of nitrogens with one attached hydrogen (secondary N) is 1. The number of hydrogen-bond acceptors (Lipinski definition) is 6. The van der Waals surface area contributed by atoms with Crippen LogP contribution in [0.3, 0.4) is 0 Å². The number of amides is 1. The summed E-state index contributed by atoms with van der Waals surface area (Å²) in [5.41, 5.74) is 3.95. The molecule has 0 aliphatic rings. The minimum absolute atomic E-state index is 0.163. The van der Waals surface area contributed by atoms with Crippen molar-refractivity contribution in [1.29, 1.82) is 0 Å². The van der Waals surface area contributed by atoms with E-state index in [1.165, 1.54) is 0 Å². The molecule has 7 heteroatoms. The molecule has 0 bridgehead atoms. The predicted molar refractivity (Wildman–Crippen MR) is 87.2 cm³/mol. The van der Waals surface area contributed by atoms with Crippen LogP contribution in [0.5, 0.6) is 0 Å². The third kappa shape index (κ3) is 4.80. The van der Waals surface area contributed by atoms with Gasteiger partial charge in [0.05, 0.1) is 16.3 Å². The van der Waals surface area contributed by atoms with Gasteiger partial charge in [-0.15, -0.1) is 22.7 Å². The van der Waals surface area contributed by atoms with E-state index in [1.54, 1.807) is 22.7 Å². The maximum Gasteiger partial charge on any atom is 0.280 e. The number of thiophene rings is 2. The van der Waals surface area contributed by atoms with Crippen LogP contribution in [0.15, 0.2) is 45.3 Å². The molecule has 0 aliphatic heterocycles. The average Bonchev–Trinajstić information content (AvgIpc) is 3.16. The van der Waals surface area contributed by atoms with Gasteiger partial charge in [0.1, 0.15) is 0 Å². The molecule has 5 nitrogen and oxygen atoms in total. The maximum atomic E-state index is 11.6. The van der Waals surface area contributed by atoms with Crippen LogP contribution in [0.2, 0.25) is 0 Å². The minimum atomic E-state index is -0.339. The molecule has 1 amide bonds. The Morgan fingerprint density at radius 1 is 1.14 bits per heavy atom. The highest BCUT2D eigenvalue weighted by atomic mass is 32.1. The van der Waals surface area contributed by atoms with Crippen molar-refractivity contribution in [1.82, 2.24) is 5.43 Å². The largest absolute Gasteiger partial charge is 0.385 e. The first-order valence-electron chi connectivity index (χ1n) is 6.24. The first kappa shape index (κ1) is 15.4. The summed E-state index contributed by atoms with van der Waals surface area (Å²) in [5.74, 6) is -0.339. The molecule has 0 aromatic carbocycles. The van der Waals surface area contributed by atoms with Gasteiger partial charge >= 0.3 is 0 Å². The molecular formula is C14H15N3O2S2. The number of hydrogen-bond donors (Lipinski definition) is 1. The van der Waals surface area contributed by atoms with Crippen molar-refractivity contribution in [3.8, 4) is 0 Å². The summed E-state index contributed by atoms with van der Waals surface area (Å²) in [7, 11) is 0. The van der Waals surface area contributed by atoms with Crippen LogP contribution < -0.4 is 5.43 Å². The topological polar surface area (TPSA) is 63.0 Å². The number of rotatable bonds is 6. The minimum Gasteiger partial charge on any atom is -0.385 e. The van der Waals surface area contributed by atoms with Gasteiger partial charge in [-0.05, 0) is 36.7 Å². The van der Waals surface area contributed by atoms with E-state index in [1.807, 2.05) is 48.9 Å². The van der Waals surface area contributed by atoms with Crippen molar-refractivity contribution in [3.05, 3.63) is 44.8 Å². The molecule has 110 valence electrons. The smallest absolute Gasteiger partial charge is 0.280 e. The van der Waals surface area contributed by atoms with Gasteiger partial charge in [-0.2, -0.15) is 5.10 Å². The second kappa shape index (κ2) is 7.70. The highest BCUT2D eigenvalue weighted by Gasteiger charge is 2.03. The molecular weight excluding hydrogens is 306 g/mol. The lowest BCUT2D eigenvalue weighted by atomic mass is 10.3. The average molecular weight is 321 g/mol. The molecule has 1 N–H and O–H groups in total. The Morgan fingerprint density at radius 3 is 2.33 bits per heavy atom. The number of hydrazone groups is 1. The normalized spacial score (nSPS) is 12.3. The molecule has 0 saturated carbocycles. The summed E-state index contributed by atoms with van der Waals surface area (Å²) in [6.45, 7) is 3.51. The summed E-state index contributed by atoms with van der Waals surface area (Å²) in [5, 5.41) is 11.8. The zero-order chi connectivity index (χ0) is 15.1. The number of oxime groups is 1. The van der Waals surface area contributed by atoms with Crippen molar-refractivity contribution in [3.63, 3.8) is 0 Å². The number of nitrogens with zero attached hydrogens (tertiary/aromatic N) is 2. The Labute approximate surface area is 130 Å². The summed E-state index contributed by atoms with van der Waals surface area (Å²) >= 11 is 3.14. The van der Waals surface area contributed by atoms with Crippen LogP contribution in [0, 0.1) is 0 Å². The van der Waals surface area contributed by atoms with E-state index in [0.717, 1.165) is 21.2 Å². The summed E-state index contributed by atoms with van der Waals surface area (Å²) in [6, 6.07) is 7.77. The fourth-order valence-electron chi connectivity index (χ4n) is 1.44. The zero-order valence-electron chi connectivity index (χ0n) is 11.7. The fourth-order valence-corrected chi connectivity index (χ4v) is 2.78. The summed E-state index contributed by atoms with van der Waals surface area (Å²) < 4.78 is 0. The van der Waals surface area contributed by atoms with E-state index in [-0.39, 0.29) is 12.5 Å². The second-order valence-corrected chi connectivity index (χ2v) is 6.03. The molecule has 0 fully saturated rings. The molecule has 21 heavy (non-hydrogen) atoms. The van der Waals surface area contributed by atoms with E-state index in [2.05, 4.69) is 15.7 Å². The molecule has 2 rings (SSSR count). The van der Waals surface area contributed by atoms with Crippen molar-refractivity contribution in [2.45, 2.75) is 13.8 Å². The monoisotopic (exact) mass is 321 g/mol. The lowest BCUT2D eigenvalue weighted by Crippen LogP contribution is -2.23. The first-order chi connectivity index (χ1) is 10.2. The maximum absolute atomic E-state index is 11.6. The highest BCUT2D eigenvalue weighted by Crippen LogP contribution is 2.10. The van der Waals surface area contributed by atoms with Crippen LogP contribution in [0.25, 0.3) is 0 Å². The molecule has 2 heterocycles. The number of carbonyl (C=O) groups is 1. The van der Waals surface area contributed by atoms with Gasteiger partial charge in [-0.1, -0.05) is 17.3 Å². The standard InChI is InChI=1S/C14H15N3O2S2/c1-10(12-5-3-7-20-12)15-16-14(18)9-19-17-11(2)13-6-4-8-21-13/h3-8H,9H2,1-2H3,(H,16,18)/b15-10+,17-11+. The van der Waals surface area contributed by atoms with E-state index in [0.29, 0.717) is 0 Å². The van der Waals surface area contributed by atoms with Crippen molar-refractivity contribution < 1.29 is 9.63 Å². The first-order valence-corrected chi connectivity index (χ1v) is 8.00. The molecule has 0 atom stereocenters. The Kier molecular flexibility index (Phi) is 5.65. The van der Waals surface area contributed by atoms with Crippen molar-refractivity contribution >= 4 is 40.0 Å². The van der Waals surface area contributed by atoms with Crippen LogP contribution in [0.4, 0.5) is 0 Å². The predicted octanol–water partition coefficient (Wildman–Crippen LogP) is 3.09. The van der Waals surface area contributed by atoms with Gasteiger partial charge in [-0.25, -0.2) is 5.43 Å². The van der Waals surface area contributed by atoms with Crippen molar-refractivity contribution in [2.75, 3.05) is 6.61 Å². The molecule has 0 saturated heterocycles. The van der Waals surface area contributed by atoms with Crippen molar-refractivity contribution in [2.24, 2.45) is 10.3 Å². The van der Waals surface area contributed by atoms with Gasteiger partial charge in [0.2, 0.25) is 0 Å². The van der Waals surface area contributed by atoms with Crippen LogP contribution in [-0.4, -0.2) is 23.9 Å². The lowest BCUT2D eigenvalue weighted by molar-refractivity contribution is -0.125. The van der Waals surface area contributed by atoms with E-state index >= 15 is 0 Å². The zero-order valence-corrected chi connectivity index (χ0v) is 13.3. The second-order valence-electron chi connectivity index (χ2n) is 4.14. The fraction of sp³-hybridized carbons (Fsp3) is 0.214. The van der Waals surface area contributed by atoms with Crippen LogP contribution in [-0.2, 0) is 9.63 Å². The molecule has 0 spiro atoms. The van der Waals surface area contributed by atoms with E-state index in [4.69, 9.17) is 4.84 Å². The van der Waals surface area contributed by atoms with Crippen LogP contribution in [0.1, 0.15) is 23.6 Å². The van der Waals surface area contributed by atoms with Crippen LogP contribution >= 0.6 is 22.7 Å². The number of carbonyl (C=O) groups excluding carboxylic acids is 1. The quantitative estimate of drug-likeness (QED) is 0.656. The lowest BCUT2D eigenvalue weighted by Gasteiger charge is -2.01. The van der Waals surface area contributed by atoms with E-state index < -0.39 is 0 Å². The summed E-state index contributed by atoms with van der Waals surface area (Å²) in [4.78, 5) is 18.6. The SMILES string of the molecule is C/C(=N\NC(=O)CO/N=C(\C)c1cccs1)c1cccs1. The Balaban J connectivity index is 1.78. The highest BCUT2D eigenvalue weighted by molar-refractivity contribution is 7.12. The van der Waals surface area contributed by atoms with Gasteiger partial charge in [-0.3, -0.25) is 4.79 Å². The Bertz CT molecular complexity index is 631. The third-order valence-corrected chi connectivity index (χ3v) is 4.46. The summed E-state index contributed by atoms with van der Waals surface area (Å²) in [6.07, 6.45) is 0. The molecule has 2 aromatic rings. The molecule has 0 radical (unpaired) electrons. The van der Waals surface area contributed by atoms with Gasteiger partial charge in [0.25, 0.3) is 5.91 Å². The van der Waals surface area contributed by atoms with Gasteiger partial charge in [0, 0.05) is 4.88 Å². The van der Waals surface area contributed by atoms with E-state index in [9.17, 15) is 4.79 Å². The molecule has 0 unspecified atom stereocenters. The molecule has 0 aliphatic carbocycles. The Hall–Kier alpha value is -1.99. The van der Waals surface area contributed by atoms with Gasteiger partial charge in [0.15, 0.2) is 6.61 Å². The Morgan fingerprint density at radius 2 is 1.76 bits per heavy atom.